The third-order valence-corrected chi connectivity index (χ3v) is 5.26. The lowest BCUT2D eigenvalue weighted by Gasteiger charge is -2.03. The summed E-state index contributed by atoms with van der Waals surface area (Å²) in [5, 5.41) is 0.427. The molecule has 0 bridgehead atoms. The quantitative estimate of drug-likeness (QED) is 0.257. The van der Waals surface area contributed by atoms with Crippen LogP contribution in [-0.4, -0.2) is 10.9 Å². The van der Waals surface area contributed by atoms with E-state index in [1.165, 1.54) is 89.9 Å². The van der Waals surface area contributed by atoms with Gasteiger partial charge in [-0.2, -0.15) is 0 Å². The standard InChI is InChI=1S/C20H40OS/c1-3-5-7-9-11-12-13-14-16-18-20(21)22-19-17-15-10-8-6-4-2/h3-19H2,1-2H3. The predicted octanol–water partition coefficient (Wildman–Crippen LogP) is 7.53. The molecule has 0 spiro atoms. The van der Waals surface area contributed by atoms with Crippen LogP contribution < -0.4 is 0 Å². The molecule has 0 saturated heterocycles. The third kappa shape index (κ3) is 18.1. The summed E-state index contributed by atoms with van der Waals surface area (Å²) in [5.74, 6) is 1.04. The van der Waals surface area contributed by atoms with E-state index >= 15 is 0 Å². The molecule has 0 fully saturated rings. The van der Waals surface area contributed by atoms with E-state index < -0.39 is 0 Å². The molecule has 22 heavy (non-hydrogen) atoms. The van der Waals surface area contributed by atoms with Crippen LogP contribution in [-0.2, 0) is 4.79 Å². The van der Waals surface area contributed by atoms with Crippen LogP contribution in [0.3, 0.4) is 0 Å². The van der Waals surface area contributed by atoms with E-state index in [9.17, 15) is 4.79 Å². The zero-order valence-corrected chi connectivity index (χ0v) is 16.2. The van der Waals surface area contributed by atoms with E-state index in [4.69, 9.17) is 0 Å². The van der Waals surface area contributed by atoms with Crippen LogP contribution in [0.2, 0.25) is 0 Å². The molecule has 0 atom stereocenters. The van der Waals surface area contributed by atoms with Crippen LogP contribution in [0.15, 0.2) is 0 Å². The molecule has 2 heteroatoms. The highest BCUT2D eigenvalue weighted by molar-refractivity contribution is 8.13. The van der Waals surface area contributed by atoms with Crippen molar-refractivity contribution in [2.24, 2.45) is 0 Å². The second-order valence-corrected chi connectivity index (χ2v) is 7.72. The summed E-state index contributed by atoms with van der Waals surface area (Å²) >= 11 is 1.58. The zero-order valence-electron chi connectivity index (χ0n) is 15.3. The lowest BCUT2D eigenvalue weighted by Crippen LogP contribution is -1.94. The van der Waals surface area contributed by atoms with Gasteiger partial charge in [0.2, 0.25) is 0 Å². The lowest BCUT2D eigenvalue weighted by molar-refractivity contribution is -0.111. The average Bonchev–Trinajstić information content (AvgIpc) is 2.52. The van der Waals surface area contributed by atoms with Gasteiger partial charge in [-0.3, -0.25) is 4.79 Å². The van der Waals surface area contributed by atoms with E-state index in [0.29, 0.717) is 5.12 Å². The number of carbonyl (C=O) groups excluding carboxylic acids is 1. The van der Waals surface area contributed by atoms with Gasteiger partial charge >= 0.3 is 0 Å². The molecule has 0 aromatic carbocycles. The van der Waals surface area contributed by atoms with E-state index in [2.05, 4.69) is 13.8 Å². The van der Waals surface area contributed by atoms with Crippen LogP contribution in [0, 0.1) is 0 Å². The van der Waals surface area contributed by atoms with Gasteiger partial charge in [0, 0.05) is 12.2 Å². The molecule has 0 aromatic rings. The first-order valence-corrected chi connectivity index (χ1v) is 11.0. The number of carbonyl (C=O) groups is 1. The lowest BCUT2D eigenvalue weighted by atomic mass is 10.1. The molecule has 0 aliphatic rings. The normalized spacial score (nSPS) is 11.0. The number of hydrogen-bond donors (Lipinski definition) is 0. The van der Waals surface area contributed by atoms with Crippen molar-refractivity contribution in [3.63, 3.8) is 0 Å². The Morgan fingerprint density at radius 3 is 1.50 bits per heavy atom. The van der Waals surface area contributed by atoms with Crippen molar-refractivity contribution < 1.29 is 4.79 Å². The van der Waals surface area contributed by atoms with Gasteiger partial charge in [-0.25, -0.2) is 0 Å². The summed E-state index contributed by atoms with van der Waals surface area (Å²) in [6, 6.07) is 0. The van der Waals surface area contributed by atoms with E-state index in [1.807, 2.05) is 0 Å². The fourth-order valence-corrected chi connectivity index (χ4v) is 3.59. The van der Waals surface area contributed by atoms with Gasteiger partial charge in [0.1, 0.15) is 0 Å². The summed E-state index contributed by atoms with van der Waals surface area (Å²) < 4.78 is 0. The number of rotatable bonds is 17. The molecule has 0 heterocycles. The van der Waals surface area contributed by atoms with Crippen molar-refractivity contribution in [1.82, 2.24) is 0 Å². The SMILES string of the molecule is CCCCCCCCCCCC(=O)SCCCCCCCC. The Morgan fingerprint density at radius 2 is 1.00 bits per heavy atom. The van der Waals surface area contributed by atoms with E-state index in [0.717, 1.165) is 18.6 Å². The van der Waals surface area contributed by atoms with Crippen molar-refractivity contribution in [3.05, 3.63) is 0 Å². The topological polar surface area (TPSA) is 17.1 Å². The summed E-state index contributed by atoms with van der Waals surface area (Å²) in [6.45, 7) is 4.52. The van der Waals surface area contributed by atoms with Gasteiger partial charge < -0.3 is 0 Å². The molecule has 0 N–H and O–H groups in total. The van der Waals surface area contributed by atoms with Gasteiger partial charge in [-0.15, -0.1) is 0 Å². The van der Waals surface area contributed by atoms with Crippen molar-refractivity contribution in [1.29, 1.82) is 0 Å². The highest BCUT2D eigenvalue weighted by atomic mass is 32.2. The third-order valence-electron chi connectivity index (χ3n) is 4.25. The maximum absolute atomic E-state index is 11.7. The minimum atomic E-state index is 0.427. The Kier molecular flexibility index (Phi) is 19.1. The number of hydrogen-bond acceptors (Lipinski definition) is 2. The fraction of sp³-hybridized carbons (Fsp3) is 0.950. The van der Waals surface area contributed by atoms with Gasteiger partial charge in [-0.1, -0.05) is 109 Å². The van der Waals surface area contributed by atoms with Crippen LogP contribution in [0.25, 0.3) is 0 Å². The van der Waals surface area contributed by atoms with Crippen molar-refractivity contribution in [3.8, 4) is 0 Å². The molecule has 132 valence electrons. The Morgan fingerprint density at radius 1 is 0.591 bits per heavy atom. The molecule has 0 aliphatic heterocycles. The maximum atomic E-state index is 11.7. The summed E-state index contributed by atoms with van der Waals surface area (Å²) in [6.07, 6.45) is 20.7. The first-order valence-electron chi connectivity index (χ1n) is 9.96. The van der Waals surface area contributed by atoms with Crippen LogP contribution >= 0.6 is 11.8 Å². The summed E-state index contributed by atoms with van der Waals surface area (Å²) in [4.78, 5) is 11.7. The van der Waals surface area contributed by atoms with Crippen molar-refractivity contribution in [2.75, 3.05) is 5.75 Å². The Balaban J connectivity index is 3.13. The zero-order chi connectivity index (χ0) is 16.3. The molecule has 0 unspecified atom stereocenters. The van der Waals surface area contributed by atoms with Crippen LogP contribution in [0.5, 0.6) is 0 Å². The second-order valence-electron chi connectivity index (χ2n) is 6.57. The highest BCUT2D eigenvalue weighted by Crippen LogP contribution is 2.15. The van der Waals surface area contributed by atoms with Gasteiger partial charge in [-0.05, 0) is 12.8 Å². The molecule has 0 amide bonds. The van der Waals surface area contributed by atoms with Crippen LogP contribution in [0.1, 0.15) is 117 Å². The molecule has 0 aliphatic carbocycles. The largest absolute Gasteiger partial charge is 0.287 e. The smallest absolute Gasteiger partial charge is 0.188 e. The summed E-state index contributed by atoms with van der Waals surface area (Å²) in [5.41, 5.74) is 0. The van der Waals surface area contributed by atoms with Gasteiger partial charge in [0.25, 0.3) is 0 Å². The molecule has 0 rings (SSSR count). The first-order chi connectivity index (χ1) is 10.8. The van der Waals surface area contributed by atoms with Crippen LogP contribution in [0.4, 0.5) is 0 Å². The van der Waals surface area contributed by atoms with Gasteiger partial charge in [0.15, 0.2) is 5.12 Å². The molecule has 0 aromatic heterocycles. The number of unbranched alkanes of at least 4 members (excludes halogenated alkanes) is 13. The minimum Gasteiger partial charge on any atom is -0.287 e. The Hall–Kier alpha value is 0.0200. The van der Waals surface area contributed by atoms with E-state index in [-0.39, 0.29) is 0 Å². The van der Waals surface area contributed by atoms with Crippen molar-refractivity contribution in [2.45, 2.75) is 117 Å². The molecule has 0 radical (unpaired) electrons. The number of thioether (sulfide) groups is 1. The Labute approximate surface area is 144 Å². The maximum Gasteiger partial charge on any atom is 0.188 e. The molecule has 0 saturated carbocycles. The molecular formula is C20H40OS. The average molecular weight is 329 g/mol. The summed E-state index contributed by atoms with van der Waals surface area (Å²) in [7, 11) is 0. The predicted molar refractivity (Wildman–Crippen MR) is 103 cm³/mol. The monoisotopic (exact) mass is 328 g/mol. The highest BCUT2D eigenvalue weighted by Gasteiger charge is 2.02. The fourth-order valence-electron chi connectivity index (χ4n) is 2.72. The molecular weight excluding hydrogens is 288 g/mol. The van der Waals surface area contributed by atoms with Gasteiger partial charge in [0.05, 0.1) is 0 Å². The van der Waals surface area contributed by atoms with Crippen molar-refractivity contribution >= 4 is 16.9 Å². The minimum absolute atomic E-state index is 0.427. The van der Waals surface area contributed by atoms with E-state index in [1.54, 1.807) is 11.8 Å². The molecule has 1 nitrogen and oxygen atoms in total. The first kappa shape index (κ1) is 22.0. The second kappa shape index (κ2) is 19.1. The Bertz CT molecular complexity index is 228.